The first-order chi connectivity index (χ1) is 11.6. The molecule has 1 aliphatic carbocycles. The van der Waals surface area contributed by atoms with E-state index in [1.807, 2.05) is 24.3 Å². The molecule has 136 valence electrons. The Morgan fingerprint density at radius 1 is 1.08 bits per heavy atom. The lowest BCUT2D eigenvalue weighted by Gasteiger charge is -2.25. The number of carboxylic acid groups (broad SMARTS) is 1. The van der Waals surface area contributed by atoms with Crippen LogP contribution < -0.4 is 0 Å². The monoisotopic (exact) mass is 336 g/mol. The van der Waals surface area contributed by atoms with E-state index in [0.717, 1.165) is 51.4 Å². The van der Waals surface area contributed by atoms with E-state index in [0.29, 0.717) is 6.42 Å². The molecule has 0 aromatic rings. The first-order valence-electron chi connectivity index (χ1n) is 9.14. The highest BCUT2D eigenvalue weighted by molar-refractivity contribution is 5.66. The molecule has 0 bridgehead atoms. The van der Waals surface area contributed by atoms with Crippen molar-refractivity contribution in [3.63, 3.8) is 0 Å². The molecule has 0 amide bonds. The van der Waals surface area contributed by atoms with Gasteiger partial charge in [-0.05, 0) is 44.9 Å². The first kappa shape index (κ1) is 20.7. The highest BCUT2D eigenvalue weighted by Gasteiger charge is 2.33. The number of unbranched alkanes of at least 4 members (excludes halogenated alkanes) is 5. The molecule has 0 aromatic carbocycles. The second-order valence-corrected chi connectivity index (χ2v) is 6.54. The molecule has 4 nitrogen and oxygen atoms in total. The maximum Gasteiger partial charge on any atom is 0.303 e. The maximum absolute atomic E-state index is 10.7. The standard InChI is InChI=1S/C20H32O4/c21-17-10-6-2-1-5-9-15-20(24)16-11-13-18(20)12-7-3-4-8-14-19(22)23/h3,7,9,11,15-16,18,21,24H,1-2,4-6,8,10,12-14,17H2,(H,22,23)/t18-,20-/m1/s1. The molecule has 0 fully saturated rings. The molecule has 0 spiro atoms. The number of hydrogen-bond donors (Lipinski definition) is 3. The fourth-order valence-corrected chi connectivity index (χ4v) is 2.97. The van der Waals surface area contributed by atoms with Crippen LogP contribution in [-0.4, -0.2) is 33.5 Å². The quantitative estimate of drug-likeness (QED) is 0.351. The van der Waals surface area contributed by atoms with Crippen LogP contribution in [0.2, 0.25) is 0 Å². The minimum Gasteiger partial charge on any atom is -0.481 e. The molecular weight excluding hydrogens is 304 g/mol. The SMILES string of the molecule is O=C(O)CCCC=CC[C@@H]1CC=C[C@]1(O)C=CCCCCCCO. The summed E-state index contributed by atoms with van der Waals surface area (Å²) in [5.41, 5.74) is -0.851. The molecule has 1 aliphatic rings. The third-order valence-corrected chi connectivity index (χ3v) is 4.47. The number of rotatable bonds is 13. The molecule has 0 aliphatic heterocycles. The van der Waals surface area contributed by atoms with Crippen molar-refractivity contribution in [1.29, 1.82) is 0 Å². The zero-order chi connectivity index (χ0) is 17.7. The van der Waals surface area contributed by atoms with Crippen LogP contribution in [0, 0.1) is 5.92 Å². The Morgan fingerprint density at radius 3 is 2.58 bits per heavy atom. The summed E-state index contributed by atoms with van der Waals surface area (Å²) < 4.78 is 0. The maximum atomic E-state index is 10.7. The number of aliphatic hydroxyl groups is 2. The van der Waals surface area contributed by atoms with Gasteiger partial charge in [-0.1, -0.05) is 49.3 Å². The Labute approximate surface area is 145 Å². The summed E-state index contributed by atoms with van der Waals surface area (Å²) in [6.45, 7) is 0.270. The van der Waals surface area contributed by atoms with Crippen molar-refractivity contribution in [2.24, 2.45) is 5.92 Å². The highest BCUT2D eigenvalue weighted by Crippen LogP contribution is 2.34. The van der Waals surface area contributed by atoms with Crippen molar-refractivity contribution in [2.75, 3.05) is 6.61 Å². The van der Waals surface area contributed by atoms with Gasteiger partial charge in [0.2, 0.25) is 0 Å². The number of aliphatic carboxylic acids is 1. The molecule has 0 saturated carbocycles. The van der Waals surface area contributed by atoms with Crippen LogP contribution in [0.1, 0.15) is 64.2 Å². The lowest BCUT2D eigenvalue weighted by Crippen LogP contribution is -2.29. The summed E-state index contributed by atoms with van der Waals surface area (Å²) in [6, 6.07) is 0. The van der Waals surface area contributed by atoms with Crippen molar-refractivity contribution in [3.8, 4) is 0 Å². The Balaban J connectivity index is 2.27. The van der Waals surface area contributed by atoms with E-state index < -0.39 is 11.6 Å². The molecule has 0 aromatic heterocycles. The van der Waals surface area contributed by atoms with E-state index >= 15 is 0 Å². The van der Waals surface area contributed by atoms with Gasteiger partial charge in [0.05, 0.1) is 0 Å². The van der Waals surface area contributed by atoms with Crippen molar-refractivity contribution >= 4 is 5.97 Å². The molecule has 0 unspecified atom stereocenters. The molecule has 0 heterocycles. The molecule has 4 heteroatoms. The molecule has 0 saturated heterocycles. The van der Waals surface area contributed by atoms with Gasteiger partial charge in [-0.3, -0.25) is 4.79 Å². The minimum absolute atomic E-state index is 0.166. The van der Waals surface area contributed by atoms with Gasteiger partial charge in [-0.15, -0.1) is 0 Å². The van der Waals surface area contributed by atoms with Crippen LogP contribution in [0.25, 0.3) is 0 Å². The van der Waals surface area contributed by atoms with Crippen molar-refractivity contribution < 1.29 is 20.1 Å². The number of carbonyl (C=O) groups is 1. The molecule has 0 radical (unpaired) electrons. The van der Waals surface area contributed by atoms with E-state index in [1.54, 1.807) is 0 Å². The predicted molar refractivity (Wildman–Crippen MR) is 96.8 cm³/mol. The van der Waals surface area contributed by atoms with Gasteiger partial charge in [-0.25, -0.2) is 0 Å². The topological polar surface area (TPSA) is 77.8 Å². The van der Waals surface area contributed by atoms with Crippen molar-refractivity contribution in [1.82, 2.24) is 0 Å². The first-order valence-corrected chi connectivity index (χ1v) is 9.14. The second kappa shape index (κ2) is 12.0. The van der Waals surface area contributed by atoms with E-state index in [4.69, 9.17) is 10.2 Å². The average Bonchev–Trinajstić information content (AvgIpc) is 2.91. The van der Waals surface area contributed by atoms with E-state index in [1.165, 1.54) is 0 Å². The summed E-state index contributed by atoms with van der Waals surface area (Å²) in [5.74, 6) is -0.585. The van der Waals surface area contributed by atoms with Crippen LogP contribution in [0.4, 0.5) is 0 Å². The Morgan fingerprint density at radius 2 is 1.83 bits per heavy atom. The van der Waals surface area contributed by atoms with Gasteiger partial charge in [-0.2, -0.15) is 0 Å². The number of carboxylic acids is 1. The van der Waals surface area contributed by atoms with Gasteiger partial charge in [0.25, 0.3) is 0 Å². The van der Waals surface area contributed by atoms with Gasteiger partial charge < -0.3 is 15.3 Å². The molecule has 3 N–H and O–H groups in total. The van der Waals surface area contributed by atoms with Crippen LogP contribution in [0.3, 0.4) is 0 Å². The van der Waals surface area contributed by atoms with Crippen LogP contribution in [-0.2, 0) is 4.79 Å². The van der Waals surface area contributed by atoms with Gasteiger partial charge in [0, 0.05) is 18.9 Å². The number of hydrogen-bond acceptors (Lipinski definition) is 3. The van der Waals surface area contributed by atoms with Crippen LogP contribution in [0.5, 0.6) is 0 Å². The zero-order valence-electron chi connectivity index (χ0n) is 14.6. The fourth-order valence-electron chi connectivity index (χ4n) is 2.97. The Bertz CT molecular complexity index is 439. The van der Waals surface area contributed by atoms with Crippen LogP contribution in [0.15, 0.2) is 36.5 Å². The average molecular weight is 336 g/mol. The van der Waals surface area contributed by atoms with Crippen molar-refractivity contribution in [3.05, 3.63) is 36.5 Å². The Kier molecular flexibility index (Phi) is 10.4. The Hall–Kier alpha value is -1.39. The lowest BCUT2D eigenvalue weighted by molar-refractivity contribution is -0.137. The highest BCUT2D eigenvalue weighted by atomic mass is 16.4. The normalized spacial score (nSPS) is 23.7. The third-order valence-electron chi connectivity index (χ3n) is 4.47. The summed E-state index contributed by atoms with van der Waals surface area (Å²) >= 11 is 0. The number of allylic oxidation sites excluding steroid dienone is 4. The van der Waals surface area contributed by atoms with Gasteiger partial charge in [0.1, 0.15) is 5.60 Å². The van der Waals surface area contributed by atoms with Crippen LogP contribution >= 0.6 is 0 Å². The summed E-state index contributed by atoms with van der Waals surface area (Å²) in [4.78, 5) is 10.4. The summed E-state index contributed by atoms with van der Waals surface area (Å²) in [5, 5.41) is 28.1. The molecule has 24 heavy (non-hydrogen) atoms. The third kappa shape index (κ3) is 8.46. The molecular formula is C20H32O4. The van der Waals surface area contributed by atoms with E-state index in [2.05, 4.69) is 12.2 Å². The molecule has 2 atom stereocenters. The van der Waals surface area contributed by atoms with Gasteiger partial charge in [0.15, 0.2) is 0 Å². The summed E-state index contributed by atoms with van der Waals surface area (Å²) in [7, 11) is 0. The smallest absolute Gasteiger partial charge is 0.303 e. The van der Waals surface area contributed by atoms with E-state index in [-0.39, 0.29) is 18.9 Å². The predicted octanol–water partition coefficient (Wildman–Crippen LogP) is 3.99. The fraction of sp³-hybridized carbons (Fsp3) is 0.650. The second-order valence-electron chi connectivity index (χ2n) is 6.54. The van der Waals surface area contributed by atoms with Crippen molar-refractivity contribution in [2.45, 2.75) is 69.8 Å². The largest absolute Gasteiger partial charge is 0.481 e. The lowest BCUT2D eigenvalue weighted by atomic mass is 9.87. The zero-order valence-corrected chi connectivity index (χ0v) is 14.6. The van der Waals surface area contributed by atoms with E-state index in [9.17, 15) is 9.90 Å². The minimum atomic E-state index is -0.851. The van der Waals surface area contributed by atoms with Gasteiger partial charge >= 0.3 is 5.97 Å². The molecule has 1 rings (SSSR count). The number of aliphatic hydroxyl groups excluding tert-OH is 1. The summed E-state index contributed by atoms with van der Waals surface area (Å²) in [6.07, 6.45) is 20.4.